The van der Waals surface area contributed by atoms with Gasteiger partial charge in [0.15, 0.2) is 17.5 Å². The van der Waals surface area contributed by atoms with Gasteiger partial charge < -0.3 is 26.3 Å². The van der Waals surface area contributed by atoms with Crippen LogP contribution in [0.4, 0.5) is 0 Å². The third kappa shape index (κ3) is 6.17. The number of guanidine groups is 2. The lowest BCUT2D eigenvalue weighted by Crippen LogP contribution is -2.44. The number of hydrogen-bond donors (Lipinski definition) is 3. The van der Waals surface area contributed by atoms with Gasteiger partial charge in [-0.05, 0) is 38.0 Å². The quantitative estimate of drug-likeness (QED) is 0.399. The van der Waals surface area contributed by atoms with Gasteiger partial charge in [-0.25, -0.2) is 4.99 Å². The van der Waals surface area contributed by atoms with Gasteiger partial charge >= 0.3 is 0 Å². The topological polar surface area (TPSA) is 107 Å². The highest BCUT2D eigenvalue weighted by molar-refractivity contribution is 5.93. The second-order valence-corrected chi connectivity index (χ2v) is 6.83. The molecule has 0 amide bonds. The number of fused-ring (bicyclic) bond motifs is 1. The Hall–Kier alpha value is -2.44. The zero-order chi connectivity index (χ0) is 18.3. The summed E-state index contributed by atoms with van der Waals surface area (Å²) in [4.78, 5) is 8.67. The number of unbranched alkanes of at least 4 members (excludes halogenated alkanes) is 2. The van der Waals surface area contributed by atoms with Crippen molar-refractivity contribution in [2.24, 2.45) is 21.5 Å². The van der Waals surface area contributed by atoms with Crippen LogP contribution in [0.1, 0.15) is 52.0 Å². The van der Waals surface area contributed by atoms with Crippen molar-refractivity contribution in [1.82, 2.24) is 5.32 Å². The van der Waals surface area contributed by atoms with E-state index in [1.165, 1.54) is 12.8 Å². The highest BCUT2D eigenvalue weighted by Crippen LogP contribution is 2.32. The monoisotopic (exact) mass is 347 g/mol. The molecule has 0 aliphatic carbocycles. The van der Waals surface area contributed by atoms with Crippen molar-refractivity contribution >= 4 is 11.9 Å². The summed E-state index contributed by atoms with van der Waals surface area (Å²) >= 11 is 0. The van der Waals surface area contributed by atoms with E-state index in [1.54, 1.807) is 0 Å². The van der Waals surface area contributed by atoms with Crippen LogP contribution in [0.15, 0.2) is 28.2 Å². The molecule has 138 valence electrons. The highest BCUT2D eigenvalue weighted by atomic mass is 16.7. The Morgan fingerprint density at radius 1 is 1.20 bits per heavy atom. The highest BCUT2D eigenvalue weighted by Gasteiger charge is 2.19. The summed E-state index contributed by atoms with van der Waals surface area (Å²) in [7, 11) is 0. The van der Waals surface area contributed by atoms with Crippen molar-refractivity contribution in [3.8, 4) is 11.5 Å². The van der Waals surface area contributed by atoms with E-state index in [9.17, 15) is 0 Å². The maximum atomic E-state index is 5.55. The average Bonchev–Trinajstić information content (AvgIpc) is 2.99. The Morgan fingerprint density at radius 3 is 2.68 bits per heavy atom. The molecule has 0 saturated carbocycles. The number of nitrogens with one attached hydrogen (secondary N) is 1. The first-order chi connectivity index (χ1) is 11.9. The van der Waals surface area contributed by atoms with Crippen LogP contribution in [0.5, 0.6) is 11.5 Å². The molecule has 0 aromatic heterocycles. The average molecular weight is 347 g/mol. The van der Waals surface area contributed by atoms with Crippen molar-refractivity contribution in [3.63, 3.8) is 0 Å². The number of rotatable bonds is 7. The first-order valence-electron chi connectivity index (χ1n) is 8.70. The van der Waals surface area contributed by atoms with Crippen LogP contribution in [-0.2, 0) is 6.54 Å². The zero-order valence-electron chi connectivity index (χ0n) is 15.3. The fraction of sp³-hybridized carbons (Fsp3) is 0.556. The summed E-state index contributed by atoms with van der Waals surface area (Å²) in [6.45, 7) is 7.15. The van der Waals surface area contributed by atoms with Gasteiger partial charge in [-0.15, -0.1) is 0 Å². The van der Waals surface area contributed by atoms with E-state index in [4.69, 9.17) is 20.9 Å². The molecule has 0 fully saturated rings. The van der Waals surface area contributed by atoms with Crippen LogP contribution >= 0.6 is 0 Å². The maximum absolute atomic E-state index is 5.55. The molecule has 0 spiro atoms. The summed E-state index contributed by atoms with van der Waals surface area (Å²) in [6.07, 6.45) is 4.56. The number of aliphatic imine (C=N–C) groups is 2. The minimum absolute atomic E-state index is 0.0127. The van der Waals surface area contributed by atoms with Crippen LogP contribution < -0.4 is 26.3 Å². The lowest BCUT2D eigenvalue weighted by molar-refractivity contribution is 0.174. The van der Waals surface area contributed by atoms with Crippen LogP contribution in [0.2, 0.25) is 0 Å². The molecule has 25 heavy (non-hydrogen) atoms. The largest absolute Gasteiger partial charge is 0.454 e. The number of ether oxygens (including phenoxy) is 2. The zero-order valence-corrected chi connectivity index (χ0v) is 15.3. The summed E-state index contributed by atoms with van der Waals surface area (Å²) in [6, 6.07) is 5.76. The summed E-state index contributed by atoms with van der Waals surface area (Å²) in [5.41, 5.74) is 12.0. The molecule has 1 heterocycles. The van der Waals surface area contributed by atoms with Crippen molar-refractivity contribution in [2.45, 2.75) is 58.5 Å². The van der Waals surface area contributed by atoms with E-state index in [0.717, 1.165) is 29.9 Å². The summed E-state index contributed by atoms with van der Waals surface area (Å²) < 4.78 is 10.7. The van der Waals surface area contributed by atoms with Crippen molar-refractivity contribution in [3.05, 3.63) is 23.8 Å². The van der Waals surface area contributed by atoms with Gasteiger partial charge in [0, 0.05) is 5.54 Å². The van der Waals surface area contributed by atoms with E-state index in [2.05, 4.69) is 36.1 Å². The molecule has 5 N–H and O–H groups in total. The van der Waals surface area contributed by atoms with E-state index in [0.29, 0.717) is 12.5 Å². The Labute approximate surface area is 149 Å². The smallest absolute Gasteiger partial charge is 0.231 e. The van der Waals surface area contributed by atoms with Gasteiger partial charge in [0.1, 0.15) is 0 Å². The normalized spacial score (nSPS) is 13.6. The fourth-order valence-corrected chi connectivity index (χ4v) is 2.61. The van der Waals surface area contributed by atoms with Gasteiger partial charge in [-0.2, -0.15) is 4.99 Å². The predicted octanol–water partition coefficient (Wildman–Crippen LogP) is 2.49. The molecule has 0 atom stereocenters. The predicted molar refractivity (Wildman–Crippen MR) is 101 cm³/mol. The standard InChI is InChI=1S/C18H29N5O2/c1-4-5-6-9-18(2,3)23-17(22-16(19)20)21-11-13-7-8-14-15(10-13)25-12-24-14/h7-8,10H,4-6,9,11-12H2,1-3H3,(H5,19,20,21,22,23). The molecule has 0 saturated heterocycles. The first kappa shape index (κ1) is 18.9. The minimum Gasteiger partial charge on any atom is -0.454 e. The first-order valence-corrected chi connectivity index (χ1v) is 8.70. The van der Waals surface area contributed by atoms with Gasteiger partial charge in [0.2, 0.25) is 12.8 Å². The number of benzene rings is 1. The molecular weight excluding hydrogens is 318 g/mol. The molecular formula is C18H29N5O2. The van der Waals surface area contributed by atoms with E-state index >= 15 is 0 Å². The molecule has 0 bridgehead atoms. The molecule has 1 aliphatic heterocycles. The summed E-state index contributed by atoms with van der Waals surface area (Å²) in [5.74, 6) is 1.93. The third-order valence-corrected chi connectivity index (χ3v) is 3.94. The number of nitrogens with two attached hydrogens (primary N) is 2. The lowest BCUT2D eigenvalue weighted by atomic mass is 9.97. The van der Waals surface area contributed by atoms with E-state index < -0.39 is 0 Å². The SMILES string of the molecule is CCCCCC(C)(C)NC(N=C(N)N)=NCc1ccc2c(c1)OCO2. The fourth-order valence-electron chi connectivity index (χ4n) is 2.61. The van der Waals surface area contributed by atoms with Crippen LogP contribution in [-0.4, -0.2) is 24.3 Å². The van der Waals surface area contributed by atoms with Crippen molar-refractivity contribution in [1.29, 1.82) is 0 Å². The lowest BCUT2D eigenvalue weighted by Gasteiger charge is -2.27. The molecule has 1 aromatic carbocycles. The number of hydrogen-bond acceptors (Lipinski definition) is 3. The maximum Gasteiger partial charge on any atom is 0.231 e. The molecule has 2 rings (SSSR count). The molecule has 1 aromatic rings. The van der Waals surface area contributed by atoms with Crippen molar-refractivity contribution in [2.75, 3.05) is 6.79 Å². The summed E-state index contributed by atoms with van der Waals surface area (Å²) in [5, 5.41) is 3.35. The van der Waals surface area contributed by atoms with Gasteiger partial charge in [-0.1, -0.05) is 32.3 Å². The van der Waals surface area contributed by atoms with E-state index in [-0.39, 0.29) is 18.3 Å². The third-order valence-electron chi connectivity index (χ3n) is 3.94. The van der Waals surface area contributed by atoms with Gasteiger partial charge in [-0.3, -0.25) is 0 Å². The van der Waals surface area contributed by atoms with Crippen LogP contribution in [0.25, 0.3) is 0 Å². The van der Waals surface area contributed by atoms with Crippen LogP contribution in [0.3, 0.4) is 0 Å². The Morgan fingerprint density at radius 2 is 1.96 bits per heavy atom. The van der Waals surface area contributed by atoms with Gasteiger partial charge in [0.05, 0.1) is 6.54 Å². The molecule has 1 aliphatic rings. The second kappa shape index (κ2) is 8.60. The Bertz CT molecular complexity index is 636. The molecule has 0 radical (unpaired) electrons. The van der Waals surface area contributed by atoms with Crippen LogP contribution in [0, 0.1) is 0 Å². The Balaban J connectivity index is 2.05. The van der Waals surface area contributed by atoms with E-state index in [1.807, 2.05) is 18.2 Å². The number of nitrogens with zero attached hydrogens (tertiary/aromatic N) is 2. The molecule has 7 nitrogen and oxygen atoms in total. The Kier molecular flexibility index (Phi) is 6.50. The van der Waals surface area contributed by atoms with Crippen molar-refractivity contribution < 1.29 is 9.47 Å². The second-order valence-electron chi connectivity index (χ2n) is 6.83. The molecule has 0 unspecified atom stereocenters. The molecule has 7 heteroatoms. The van der Waals surface area contributed by atoms with Gasteiger partial charge in [0.25, 0.3) is 0 Å². The minimum atomic E-state index is -0.137.